The van der Waals surface area contributed by atoms with Crippen LogP contribution in [0.3, 0.4) is 0 Å². The standard InChI is InChI=1S/C15H23FN2O2/c1-4-5-6-9-15(2,3)11-17-14-8-7-12(18(19)20)10-13(14)16/h7-8,10,17H,4-6,9,11H2,1-3H3. The third-order valence-electron chi connectivity index (χ3n) is 3.38. The lowest BCUT2D eigenvalue weighted by Crippen LogP contribution is -2.23. The molecule has 0 aliphatic rings. The number of halogens is 1. The maximum absolute atomic E-state index is 13.7. The van der Waals surface area contributed by atoms with Crippen LogP contribution in [0.25, 0.3) is 0 Å². The van der Waals surface area contributed by atoms with E-state index in [9.17, 15) is 14.5 Å². The molecule has 0 aromatic heterocycles. The fourth-order valence-corrected chi connectivity index (χ4v) is 2.04. The van der Waals surface area contributed by atoms with Crippen molar-refractivity contribution in [1.29, 1.82) is 0 Å². The van der Waals surface area contributed by atoms with E-state index in [1.54, 1.807) is 0 Å². The van der Waals surface area contributed by atoms with Crippen LogP contribution in [0.4, 0.5) is 15.8 Å². The molecular formula is C15H23FN2O2. The number of nitrogens with zero attached hydrogens (tertiary/aromatic N) is 1. The minimum atomic E-state index is -0.596. The molecule has 0 saturated carbocycles. The Hall–Kier alpha value is -1.65. The monoisotopic (exact) mass is 282 g/mol. The van der Waals surface area contributed by atoms with Crippen molar-refractivity contribution < 1.29 is 9.31 Å². The van der Waals surface area contributed by atoms with Gasteiger partial charge in [-0.2, -0.15) is 0 Å². The molecule has 0 radical (unpaired) electrons. The SMILES string of the molecule is CCCCCC(C)(C)CNc1ccc([N+](=O)[O-])cc1F. The molecule has 20 heavy (non-hydrogen) atoms. The third kappa shape index (κ3) is 5.15. The number of rotatable bonds is 8. The summed E-state index contributed by atoms with van der Waals surface area (Å²) in [5.41, 5.74) is 0.165. The molecule has 0 spiro atoms. The second-order valence-corrected chi connectivity index (χ2v) is 5.90. The Morgan fingerprint density at radius 2 is 2.05 bits per heavy atom. The first kappa shape index (κ1) is 16.4. The van der Waals surface area contributed by atoms with Gasteiger partial charge in [0.05, 0.1) is 16.7 Å². The van der Waals surface area contributed by atoms with E-state index < -0.39 is 10.7 Å². The summed E-state index contributed by atoms with van der Waals surface area (Å²) in [6.45, 7) is 7.08. The number of nitro groups is 1. The molecule has 0 aliphatic carbocycles. The molecule has 0 amide bonds. The molecule has 0 bridgehead atoms. The van der Waals surface area contributed by atoms with Gasteiger partial charge >= 0.3 is 0 Å². The molecule has 0 heterocycles. The van der Waals surface area contributed by atoms with Gasteiger partial charge in [0.15, 0.2) is 5.82 Å². The van der Waals surface area contributed by atoms with E-state index in [1.807, 2.05) is 0 Å². The summed E-state index contributed by atoms with van der Waals surface area (Å²) >= 11 is 0. The van der Waals surface area contributed by atoms with Gasteiger partial charge < -0.3 is 5.32 Å². The second kappa shape index (κ2) is 7.22. The highest BCUT2D eigenvalue weighted by molar-refractivity contribution is 5.50. The van der Waals surface area contributed by atoms with Crippen molar-refractivity contribution in [3.63, 3.8) is 0 Å². The molecule has 5 heteroatoms. The van der Waals surface area contributed by atoms with Crippen LogP contribution in [0, 0.1) is 21.3 Å². The Kier molecular flexibility index (Phi) is 5.92. The number of benzene rings is 1. The van der Waals surface area contributed by atoms with Gasteiger partial charge in [-0.15, -0.1) is 0 Å². The van der Waals surface area contributed by atoms with Crippen LogP contribution in [0.15, 0.2) is 18.2 Å². The molecule has 1 rings (SSSR count). The molecule has 0 saturated heterocycles. The maximum atomic E-state index is 13.7. The van der Waals surface area contributed by atoms with E-state index in [4.69, 9.17) is 0 Å². The number of nitro benzene ring substituents is 1. The fourth-order valence-electron chi connectivity index (χ4n) is 2.04. The Balaban J connectivity index is 2.58. The van der Waals surface area contributed by atoms with Crippen LogP contribution in [0.1, 0.15) is 46.5 Å². The van der Waals surface area contributed by atoms with Crippen molar-refractivity contribution in [3.05, 3.63) is 34.1 Å². The van der Waals surface area contributed by atoms with Crippen molar-refractivity contribution >= 4 is 11.4 Å². The van der Waals surface area contributed by atoms with E-state index in [1.165, 1.54) is 25.0 Å². The summed E-state index contributed by atoms with van der Waals surface area (Å²) in [6, 6.07) is 3.69. The van der Waals surface area contributed by atoms with Crippen LogP contribution in [-0.2, 0) is 0 Å². The van der Waals surface area contributed by atoms with E-state index in [0.717, 1.165) is 18.9 Å². The fraction of sp³-hybridized carbons (Fsp3) is 0.600. The Morgan fingerprint density at radius 3 is 2.60 bits per heavy atom. The van der Waals surface area contributed by atoms with Crippen LogP contribution in [0.5, 0.6) is 0 Å². The lowest BCUT2D eigenvalue weighted by atomic mass is 9.87. The van der Waals surface area contributed by atoms with E-state index >= 15 is 0 Å². The van der Waals surface area contributed by atoms with Gasteiger partial charge in [-0.1, -0.05) is 40.0 Å². The average Bonchev–Trinajstić information content (AvgIpc) is 2.37. The van der Waals surface area contributed by atoms with Crippen molar-refractivity contribution in [3.8, 4) is 0 Å². The molecule has 4 nitrogen and oxygen atoms in total. The molecule has 0 unspecified atom stereocenters. The summed E-state index contributed by atoms with van der Waals surface area (Å²) in [5, 5.41) is 13.6. The van der Waals surface area contributed by atoms with Crippen molar-refractivity contribution in [2.45, 2.75) is 46.5 Å². The van der Waals surface area contributed by atoms with E-state index in [0.29, 0.717) is 12.2 Å². The summed E-state index contributed by atoms with van der Waals surface area (Å²) in [4.78, 5) is 9.95. The Bertz CT molecular complexity index is 461. The number of anilines is 1. The smallest absolute Gasteiger partial charge is 0.272 e. The lowest BCUT2D eigenvalue weighted by molar-refractivity contribution is -0.385. The van der Waals surface area contributed by atoms with Gasteiger partial charge in [0.1, 0.15) is 0 Å². The van der Waals surface area contributed by atoms with Gasteiger partial charge in [-0.05, 0) is 17.9 Å². The molecule has 1 N–H and O–H groups in total. The summed E-state index contributed by atoms with van der Waals surface area (Å²) in [6.07, 6.45) is 4.62. The van der Waals surface area contributed by atoms with Crippen molar-refractivity contribution in [2.24, 2.45) is 5.41 Å². The number of nitrogens with one attached hydrogen (secondary N) is 1. The molecular weight excluding hydrogens is 259 g/mol. The minimum Gasteiger partial charge on any atom is -0.382 e. The second-order valence-electron chi connectivity index (χ2n) is 5.90. The molecule has 0 fully saturated rings. The van der Waals surface area contributed by atoms with E-state index in [2.05, 4.69) is 26.1 Å². The highest BCUT2D eigenvalue weighted by atomic mass is 19.1. The van der Waals surface area contributed by atoms with Gasteiger partial charge in [0.2, 0.25) is 0 Å². The molecule has 0 aliphatic heterocycles. The van der Waals surface area contributed by atoms with Gasteiger partial charge in [-0.25, -0.2) is 4.39 Å². The van der Waals surface area contributed by atoms with E-state index in [-0.39, 0.29) is 11.1 Å². The zero-order valence-electron chi connectivity index (χ0n) is 12.4. The highest BCUT2D eigenvalue weighted by Gasteiger charge is 2.18. The predicted molar refractivity (Wildman–Crippen MR) is 79.5 cm³/mol. The summed E-state index contributed by atoms with van der Waals surface area (Å²) in [5.74, 6) is -0.580. The number of unbranched alkanes of at least 4 members (excludes halogenated alkanes) is 2. The normalized spacial score (nSPS) is 11.4. The zero-order valence-corrected chi connectivity index (χ0v) is 12.4. The summed E-state index contributed by atoms with van der Waals surface area (Å²) in [7, 11) is 0. The topological polar surface area (TPSA) is 55.2 Å². The largest absolute Gasteiger partial charge is 0.382 e. The van der Waals surface area contributed by atoms with Crippen LogP contribution in [-0.4, -0.2) is 11.5 Å². The maximum Gasteiger partial charge on any atom is 0.272 e. The summed E-state index contributed by atoms with van der Waals surface area (Å²) < 4.78 is 13.7. The molecule has 0 atom stereocenters. The quantitative estimate of drug-likeness (QED) is 0.425. The first-order valence-corrected chi connectivity index (χ1v) is 7.03. The average molecular weight is 282 g/mol. The third-order valence-corrected chi connectivity index (χ3v) is 3.38. The van der Waals surface area contributed by atoms with Crippen molar-refractivity contribution in [1.82, 2.24) is 0 Å². The highest BCUT2D eigenvalue weighted by Crippen LogP contribution is 2.26. The van der Waals surface area contributed by atoms with Crippen LogP contribution < -0.4 is 5.32 Å². The van der Waals surface area contributed by atoms with Gasteiger partial charge in [0.25, 0.3) is 5.69 Å². The number of non-ortho nitro benzene ring substituents is 1. The Morgan fingerprint density at radius 1 is 1.35 bits per heavy atom. The lowest BCUT2D eigenvalue weighted by Gasteiger charge is -2.25. The first-order valence-electron chi connectivity index (χ1n) is 7.03. The number of hydrogen-bond acceptors (Lipinski definition) is 3. The molecule has 1 aromatic carbocycles. The van der Waals surface area contributed by atoms with Gasteiger partial charge in [-0.3, -0.25) is 10.1 Å². The minimum absolute atomic E-state index is 0.0728. The Labute approximate surface area is 119 Å². The van der Waals surface area contributed by atoms with Crippen molar-refractivity contribution in [2.75, 3.05) is 11.9 Å². The predicted octanol–water partition coefficient (Wildman–Crippen LogP) is 4.75. The van der Waals surface area contributed by atoms with Gasteiger partial charge in [0, 0.05) is 12.6 Å². The number of hydrogen-bond donors (Lipinski definition) is 1. The molecule has 1 aromatic rings. The van der Waals surface area contributed by atoms with Crippen LogP contribution in [0.2, 0.25) is 0 Å². The van der Waals surface area contributed by atoms with Crippen LogP contribution >= 0.6 is 0 Å². The molecule has 112 valence electrons. The first-order chi connectivity index (χ1) is 9.35. The zero-order chi connectivity index (χ0) is 15.2.